The Kier molecular flexibility index (Phi) is 4.97. The number of anilines is 1. The van der Waals surface area contributed by atoms with Crippen LogP contribution in [0.1, 0.15) is 6.92 Å². The molecule has 0 aliphatic heterocycles. The summed E-state index contributed by atoms with van der Waals surface area (Å²) in [5.41, 5.74) is 4.19. The second kappa shape index (κ2) is 7.88. The van der Waals surface area contributed by atoms with E-state index in [0.717, 1.165) is 28.0 Å². The molecule has 4 aromatic rings. The van der Waals surface area contributed by atoms with Crippen LogP contribution >= 0.6 is 0 Å². The summed E-state index contributed by atoms with van der Waals surface area (Å²) in [6.07, 6.45) is 1.14. The van der Waals surface area contributed by atoms with Gasteiger partial charge in [0.25, 0.3) is 5.91 Å². The normalized spacial score (nSPS) is 11.8. The van der Waals surface area contributed by atoms with Gasteiger partial charge in [-0.05, 0) is 55.5 Å². The summed E-state index contributed by atoms with van der Waals surface area (Å²) in [4.78, 5) is 21.4. The van der Waals surface area contributed by atoms with Crippen molar-refractivity contribution in [3.63, 3.8) is 0 Å². The summed E-state index contributed by atoms with van der Waals surface area (Å²) in [5, 5.41) is 2.83. The summed E-state index contributed by atoms with van der Waals surface area (Å²) in [6, 6.07) is 24.6. The Labute approximate surface area is 163 Å². The number of hydrogen-bond acceptors (Lipinski definition) is 4. The lowest BCUT2D eigenvalue weighted by atomic mass is 10.1. The van der Waals surface area contributed by atoms with Crippen molar-refractivity contribution >= 4 is 22.6 Å². The van der Waals surface area contributed by atoms with Gasteiger partial charge in [0.15, 0.2) is 6.10 Å². The van der Waals surface area contributed by atoms with Gasteiger partial charge in [-0.25, -0.2) is 4.98 Å². The molecule has 0 fully saturated rings. The highest BCUT2D eigenvalue weighted by Gasteiger charge is 2.15. The van der Waals surface area contributed by atoms with Crippen LogP contribution < -0.4 is 10.1 Å². The van der Waals surface area contributed by atoms with Gasteiger partial charge < -0.3 is 10.1 Å². The zero-order chi connectivity index (χ0) is 19.3. The first-order valence-corrected chi connectivity index (χ1v) is 9.04. The molecule has 0 bridgehead atoms. The van der Waals surface area contributed by atoms with Gasteiger partial charge in [-0.2, -0.15) is 0 Å². The van der Waals surface area contributed by atoms with E-state index in [0.29, 0.717) is 5.75 Å². The molecule has 0 radical (unpaired) electrons. The van der Waals surface area contributed by atoms with Crippen LogP contribution in [0.3, 0.4) is 0 Å². The zero-order valence-corrected chi connectivity index (χ0v) is 15.4. The topological polar surface area (TPSA) is 64.1 Å². The van der Waals surface area contributed by atoms with E-state index in [-0.39, 0.29) is 5.91 Å². The number of amides is 1. The minimum atomic E-state index is -0.619. The van der Waals surface area contributed by atoms with Crippen molar-refractivity contribution in [3.8, 4) is 17.0 Å². The molecule has 1 atom stereocenters. The van der Waals surface area contributed by atoms with E-state index < -0.39 is 6.10 Å². The van der Waals surface area contributed by atoms with Crippen molar-refractivity contribution < 1.29 is 9.53 Å². The van der Waals surface area contributed by atoms with E-state index in [1.165, 1.54) is 0 Å². The number of nitrogens with zero attached hydrogens (tertiary/aromatic N) is 2. The minimum absolute atomic E-state index is 0.198. The second-order valence-corrected chi connectivity index (χ2v) is 6.38. The van der Waals surface area contributed by atoms with Crippen LogP contribution in [-0.4, -0.2) is 22.0 Å². The largest absolute Gasteiger partial charge is 0.481 e. The molecule has 5 heteroatoms. The first-order valence-electron chi connectivity index (χ1n) is 9.04. The fourth-order valence-corrected chi connectivity index (χ4v) is 2.82. The van der Waals surface area contributed by atoms with Crippen LogP contribution in [0.2, 0.25) is 0 Å². The number of fused-ring (bicyclic) bond motifs is 1. The Hall–Kier alpha value is -3.73. The Morgan fingerprint density at radius 2 is 1.57 bits per heavy atom. The van der Waals surface area contributed by atoms with E-state index in [2.05, 4.69) is 15.3 Å². The molecule has 3 aromatic carbocycles. The molecule has 0 saturated carbocycles. The Balaban J connectivity index is 1.44. The van der Waals surface area contributed by atoms with Crippen LogP contribution in [0.25, 0.3) is 22.3 Å². The number of nitrogens with one attached hydrogen (secondary N) is 1. The number of rotatable bonds is 5. The van der Waals surface area contributed by atoms with Gasteiger partial charge in [-0.3, -0.25) is 9.78 Å². The first kappa shape index (κ1) is 17.7. The van der Waals surface area contributed by atoms with Crippen molar-refractivity contribution in [1.82, 2.24) is 9.97 Å². The molecular formula is C23H19N3O2. The second-order valence-electron chi connectivity index (χ2n) is 6.38. The van der Waals surface area contributed by atoms with Crippen molar-refractivity contribution in [2.75, 3.05) is 5.32 Å². The summed E-state index contributed by atoms with van der Waals surface area (Å²) in [7, 11) is 0. The summed E-state index contributed by atoms with van der Waals surface area (Å²) in [5.74, 6) is 0.420. The molecule has 1 heterocycles. The molecule has 138 valence electrons. The van der Waals surface area contributed by atoms with Gasteiger partial charge in [0.2, 0.25) is 0 Å². The van der Waals surface area contributed by atoms with Gasteiger partial charge in [0.1, 0.15) is 5.75 Å². The molecule has 28 heavy (non-hydrogen) atoms. The van der Waals surface area contributed by atoms with E-state index in [1.54, 1.807) is 13.1 Å². The van der Waals surface area contributed by atoms with E-state index in [9.17, 15) is 4.79 Å². The lowest BCUT2D eigenvalue weighted by Crippen LogP contribution is -2.30. The van der Waals surface area contributed by atoms with Gasteiger partial charge in [0, 0.05) is 11.3 Å². The Morgan fingerprint density at radius 3 is 2.32 bits per heavy atom. The lowest BCUT2D eigenvalue weighted by Gasteiger charge is -2.15. The molecule has 1 aromatic heterocycles. The molecule has 0 spiro atoms. The van der Waals surface area contributed by atoms with Crippen LogP contribution in [-0.2, 0) is 4.79 Å². The maximum absolute atomic E-state index is 12.3. The third-order valence-corrected chi connectivity index (χ3v) is 4.32. The van der Waals surface area contributed by atoms with Gasteiger partial charge >= 0.3 is 0 Å². The SMILES string of the molecule is C[C@@H](Oc1ccc(-c2cnc3ccccc3n2)cc1)C(=O)Nc1ccccc1. The van der Waals surface area contributed by atoms with E-state index in [1.807, 2.05) is 78.9 Å². The summed E-state index contributed by atoms with van der Waals surface area (Å²) >= 11 is 0. The van der Waals surface area contributed by atoms with Crippen LogP contribution in [0, 0.1) is 0 Å². The molecule has 0 saturated heterocycles. The molecular weight excluding hydrogens is 350 g/mol. The minimum Gasteiger partial charge on any atom is -0.481 e. The van der Waals surface area contributed by atoms with Crippen molar-refractivity contribution in [1.29, 1.82) is 0 Å². The molecule has 0 aliphatic rings. The molecule has 5 nitrogen and oxygen atoms in total. The maximum Gasteiger partial charge on any atom is 0.265 e. The standard InChI is InChI=1S/C23H19N3O2/c1-16(23(27)25-18-7-3-2-4-8-18)28-19-13-11-17(12-14-19)22-15-24-20-9-5-6-10-21(20)26-22/h2-16H,1H3,(H,25,27)/t16-/m1/s1. The smallest absolute Gasteiger partial charge is 0.265 e. The molecule has 0 aliphatic carbocycles. The molecule has 1 amide bonds. The first-order chi connectivity index (χ1) is 13.7. The molecule has 4 rings (SSSR count). The highest BCUT2D eigenvalue weighted by molar-refractivity contribution is 5.94. The van der Waals surface area contributed by atoms with Crippen molar-refractivity contribution in [2.24, 2.45) is 0 Å². The van der Waals surface area contributed by atoms with Gasteiger partial charge in [-0.1, -0.05) is 30.3 Å². The fraction of sp³-hybridized carbons (Fsp3) is 0.0870. The number of para-hydroxylation sites is 3. The quantitative estimate of drug-likeness (QED) is 0.554. The van der Waals surface area contributed by atoms with E-state index >= 15 is 0 Å². The number of hydrogen-bond donors (Lipinski definition) is 1. The number of carbonyl (C=O) groups excluding carboxylic acids is 1. The monoisotopic (exact) mass is 369 g/mol. The van der Waals surface area contributed by atoms with Gasteiger partial charge in [0.05, 0.1) is 22.9 Å². The maximum atomic E-state index is 12.3. The van der Waals surface area contributed by atoms with Crippen molar-refractivity contribution in [2.45, 2.75) is 13.0 Å². The van der Waals surface area contributed by atoms with Crippen LogP contribution in [0.4, 0.5) is 5.69 Å². The number of benzene rings is 3. The van der Waals surface area contributed by atoms with Crippen LogP contribution in [0.5, 0.6) is 5.75 Å². The average molecular weight is 369 g/mol. The molecule has 0 unspecified atom stereocenters. The summed E-state index contributed by atoms with van der Waals surface area (Å²) in [6.45, 7) is 1.72. The fourth-order valence-electron chi connectivity index (χ4n) is 2.82. The van der Waals surface area contributed by atoms with Gasteiger partial charge in [-0.15, -0.1) is 0 Å². The highest BCUT2D eigenvalue weighted by atomic mass is 16.5. The predicted octanol–water partition coefficient (Wildman–Crippen LogP) is 4.70. The molecule has 1 N–H and O–H groups in total. The third-order valence-electron chi connectivity index (χ3n) is 4.32. The van der Waals surface area contributed by atoms with Crippen LogP contribution in [0.15, 0.2) is 85.1 Å². The lowest BCUT2D eigenvalue weighted by molar-refractivity contribution is -0.122. The Bertz CT molecular complexity index is 1100. The summed E-state index contributed by atoms with van der Waals surface area (Å²) < 4.78 is 5.76. The van der Waals surface area contributed by atoms with E-state index in [4.69, 9.17) is 4.74 Å². The zero-order valence-electron chi connectivity index (χ0n) is 15.4. The number of aromatic nitrogens is 2. The number of ether oxygens (including phenoxy) is 1. The van der Waals surface area contributed by atoms with Crippen molar-refractivity contribution in [3.05, 3.63) is 85.1 Å². The third kappa shape index (κ3) is 3.99. The average Bonchev–Trinajstić information content (AvgIpc) is 2.74. The number of carbonyl (C=O) groups is 1. The highest BCUT2D eigenvalue weighted by Crippen LogP contribution is 2.23. The Morgan fingerprint density at radius 1 is 0.893 bits per heavy atom. The predicted molar refractivity (Wildman–Crippen MR) is 110 cm³/mol.